The molecular weight excluding hydrogens is 426 g/mol. The lowest BCUT2D eigenvalue weighted by atomic mass is 10.1. The van der Waals surface area contributed by atoms with Crippen LogP contribution in [0.3, 0.4) is 0 Å². The summed E-state index contributed by atoms with van der Waals surface area (Å²) in [5.74, 6) is 0.816. The van der Waals surface area contributed by atoms with E-state index in [1.54, 1.807) is 18.0 Å². The number of hydrogen-bond acceptors (Lipinski definition) is 8. The maximum absolute atomic E-state index is 12.6. The number of likely N-dealkylation sites (tertiary alicyclic amines) is 1. The first-order valence-electron chi connectivity index (χ1n) is 9.86. The van der Waals surface area contributed by atoms with Gasteiger partial charge in [0.2, 0.25) is 5.91 Å². The molecule has 0 aliphatic carbocycles. The number of hydrogen-bond donors (Lipinski definition) is 1. The molecule has 11 heteroatoms. The Labute approximate surface area is 180 Å². The van der Waals surface area contributed by atoms with Gasteiger partial charge in [0, 0.05) is 11.7 Å². The molecule has 2 atom stereocenters. The molecule has 2 fully saturated rings. The van der Waals surface area contributed by atoms with Crippen molar-refractivity contribution in [2.75, 3.05) is 37.5 Å². The van der Waals surface area contributed by atoms with Gasteiger partial charge in [-0.15, -0.1) is 10.2 Å². The van der Waals surface area contributed by atoms with Gasteiger partial charge in [-0.05, 0) is 50.2 Å². The lowest BCUT2D eigenvalue weighted by Gasteiger charge is -2.28. The van der Waals surface area contributed by atoms with E-state index in [1.807, 2.05) is 24.3 Å². The standard InChI is InChI=1S/C19H25N5O4S2/c1-28-15-6-4-14(5-7-15)24-13-20-22-19(24)29-10-18(25)21-16-11-30(26,27)12-17(16)23-8-2-3-9-23/h4-7,13,16-17H,2-3,8-12H2,1H3,(H,21,25)/t16-,17-/m1/s1. The predicted molar refractivity (Wildman–Crippen MR) is 114 cm³/mol. The molecule has 1 aromatic carbocycles. The topological polar surface area (TPSA) is 106 Å². The first-order valence-corrected chi connectivity index (χ1v) is 12.7. The number of carbonyl (C=O) groups excluding carboxylic acids is 1. The normalized spacial score (nSPS) is 23.5. The average Bonchev–Trinajstić information content (AvgIpc) is 3.46. The third-order valence-corrected chi connectivity index (χ3v) is 8.14. The molecule has 1 N–H and O–H groups in total. The Morgan fingerprint density at radius 1 is 1.23 bits per heavy atom. The lowest BCUT2D eigenvalue weighted by molar-refractivity contribution is -0.119. The smallest absolute Gasteiger partial charge is 0.230 e. The van der Waals surface area contributed by atoms with E-state index >= 15 is 0 Å². The van der Waals surface area contributed by atoms with Crippen LogP contribution in [0, 0.1) is 0 Å². The van der Waals surface area contributed by atoms with Crippen molar-refractivity contribution in [1.82, 2.24) is 25.0 Å². The minimum atomic E-state index is -3.13. The second-order valence-corrected chi connectivity index (χ2v) is 10.6. The molecule has 9 nitrogen and oxygen atoms in total. The van der Waals surface area contributed by atoms with Crippen LogP contribution in [-0.4, -0.2) is 83.5 Å². The van der Waals surface area contributed by atoms with Crippen LogP contribution in [0.1, 0.15) is 12.8 Å². The van der Waals surface area contributed by atoms with Crippen molar-refractivity contribution in [3.63, 3.8) is 0 Å². The second-order valence-electron chi connectivity index (χ2n) is 7.53. The fraction of sp³-hybridized carbons (Fsp3) is 0.526. The van der Waals surface area contributed by atoms with Gasteiger partial charge in [-0.2, -0.15) is 0 Å². The number of ether oxygens (including phenoxy) is 1. The van der Waals surface area contributed by atoms with E-state index in [2.05, 4.69) is 20.4 Å². The first-order chi connectivity index (χ1) is 14.4. The summed E-state index contributed by atoms with van der Waals surface area (Å²) in [5, 5.41) is 11.6. The van der Waals surface area contributed by atoms with Gasteiger partial charge in [-0.25, -0.2) is 8.42 Å². The summed E-state index contributed by atoms with van der Waals surface area (Å²) in [6.45, 7) is 1.79. The third-order valence-electron chi connectivity index (χ3n) is 5.48. The average molecular weight is 452 g/mol. The highest BCUT2D eigenvalue weighted by atomic mass is 32.2. The van der Waals surface area contributed by atoms with Gasteiger partial charge < -0.3 is 10.1 Å². The van der Waals surface area contributed by atoms with Gasteiger partial charge in [-0.1, -0.05) is 11.8 Å². The van der Waals surface area contributed by atoms with Crippen LogP contribution in [0.15, 0.2) is 35.7 Å². The van der Waals surface area contributed by atoms with Gasteiger partial charge in [0.15, 0.2) is 15.0 Å². The fourth-order valence-electron chi connectivity index (χ4n) is 4.02. The zero-order valence-corrected chi connectivity index (χ0v) is 18.4. The largest absolute Gasteiger partial charge is 0.497 e. The molecule has 0 spiro atoms. The summed E-state index contributed by atoms with van der Waals surface area (Å²) in [4.78, 5) is 14.8. The Morgan fingerprint density at radius 2 is 1.97 bits per heavy atom. The van der Waals surface area contributed by atoms with Crippen LogP contribution in [0.2, 0.25) is 0 Å². The van der Waals surface area contributed by atoms with Crippen molar-refractivity contribution in [1.29, 1.82) is 0 Å². The predicted octanol–water partition coefficient (Wildman–Crippen LogP) is 0.746. The van der Waals surface area contributed by atoms with E-state index in [0.29, 0.717) is 5.16 Å². The van der Waals surface area contributed by atoms with Crippen LogP contribution in [0.25, 0.3) is 5.69 Å². The molecule has 162 valence electrons. The van der Waals surface area contributed by atoms with Crippen molar-refractivity contribution >= 4 is 27.5 Å². The number of thioether (sulfide) groups is 1. The number of carbonyl (C=O) groups is 1. The number of nitrogens with zero attached hydrogens (tertiary/aromatic N) is 4. The van der Waals surface area contributed by atoms with Crippen LogP contribution in [0.4, 0.5) is 0 Å². The summed E-state index contributed by atoms with van der Waals surface area (Å²) >= 11 is 1.27. The number of sulfone groups is 1. The minimum absolute atomic E-state index is 0.00655. The van der Waals surface area contributed by atoms with Gasteiger partial charge in [0.05, 0.1) is 30.4 Å². The van der Waals surface area contributed by atoms with Gasteiger partial charge in [0.1, 0.15) is 12.1 Å². The third kappa shape index (κ3) is 4.79. The minimum Gasteiger partial charge on any atom is -0.497 e. The second kappa shape index (κ2) is 8.94. The van der Waals surface area contributed by atoms with E-state index in [-0.39, 0.29) is 35.2 Å². The highest BCUT2D eigenvalue weighted by Gasteiger charge is 2.42. The maximum atomic E-state index is 12.6. The first kappa shape index (κ1) is 21.1. The van der Waals surface area contributed by atoms with Crippen LogP contribution in [-0.2, 0) is 14.6 Å². The Bertz CT molecular complexity index is 987. The molecule has 0 bridgehead atoms. The van der Waals surface area contributed by atoms with Crippen LogP contribution >= 0.6 is 11.8 Å². The van der Waals surface area contributed by atoms with E-state index in [0.717, 1.165) is 37.4 Å². The molecule has 4 rings (SSSR count). The van der Waals surface area contributed by atoms with Gasteiger partial charge in [0.25, 0.3) is 0 Å². The lowest BCUT2D eigenvalue weighted by Crippen LogP contribution is -2.50. The fourth-order valence-corrected chi connectivity index (χ4v) is 6.71. The summed E-state index contributed by atoms with van der Waals surface area (Å²) < 4.78 is 31.3. The zero-order valence-electron chi connectivity index (χ0n) is 16.7. The molecule has 2 aliphatic heterocycles. The number of rotatable bonds is 7. The summed E-state index contributed by atoms with van der Waals surface area (Å²) in [6.07, 6.45) is 3.75. The molecular formula is C19H25N5O4S2. The number of nitrogens with one attached hydrogen (secondary N) is 1. The van der Waals surface area contributed by atoms with E-state index in [4.69, 9.17) is 4.74 Å². The monoisotopic (exact) mass is 451 g/mol. The molecule has 2 aromatic rings. The number of aromatic nitrogens is 3. The Morgan fingerprint density at radius 3 is 2.67 bits per heavy atom. The Kier molecular flexibility index (Phi) is 6.30. The molecule has 0 unspecified atom stereocenters. The summed E-state index contributed by atoms with van der Waals surface area (Å²) in [7, 11) is -1.53. The van der Waals surface area contributed by atoms with E-state index in [1.165, 1.54) is 11.8 Å². The van der Waals surface area contributed by atoms with Crippen molar-refractivity contribution in [3.8, 4) is 11.4 Å². The molecule has 1 aromatic heterocycles. The van der Waals surface area contributed by atoms with Gasteiger partial charge >= 0.3 is 0 Å². The van der Waals surface area contributed by atoms with Crippen molar-refractivity contribution in [2.24, 2.45) is 0 Å². The van der Waals surface area contributed by atoms with Crippen LogP contribution < -0.4 is 10.1 Å². The number of amides is 1. The summed E-state index contributed by atoms with van der Waals surface area (Å²) in [5.41, 5.74) is 0.861. The van der Waals surface area contributed by atoms with E-state index < -0.39 is 9.84 Å². The zero-order chi connectivity index (χ0) is 21.1. The molecule has 30 heavy (non-hydrogen) atoms. The van der Waals surface area contributed by atoms with Crippen molar-refractivity contribution in [3.05, 3.63) is 30.6 Å². The van der Waals surface area contributed by atoms with Crippen LogP contribution in [0.5, 0.6) is 5.75 Å². The molecule has 0 saturated carbocycles. The Balaban J connectivity index is 1.37. The highest BCUT2D eigenvalue weighted by molar-refractivity contribution is 7.99. The highest BCUT2D eigenvalue weighted by Crippen LogP contribution is 2.24. The molecule has 3 heterocycles. The quantitative estimate of drug-likeness (QED) is 0.615. The van der Waals surface area contributed by atoms with Crippen molar-refractivity contribution in [2.45, 2.75) is 30.1 Å². The molecule has 2 aliphatic rings. The Hall–Kier alpha value is -2.11. The molecule has 1 amide bonds. The molecule has 0 radical (unpaired) electrons. The SMILES string of the molecule is COc1ccc(-n2cnnc2SCC(=O)N[C@@H]2CS(=O)(=O)C[C@H]2N2CCCC2)cc1. The molecule has 2 saturated heterocycles. The van der Waals surface area contributed by atoms with Crippen molar-refractivity contribution < 1.29 is 17.9 Å². The number of benzene rings is 1. The van der Waals surface area contributed by atoms with Gasteiger partial charge in [-0.3, -0.25) is 14.3 Å². The van der Waals surface area contributed by atoms with E-state index in [9.17, 15) is 13.2 Å². The number of methoxy groups -OCH3 is 1. The summed E-state index contributed by atoms with van der Waals surface area (Å²) in [6, 6.07) is 6.97. The maximum Gasteiger partial charge on any atom is 0.230 e.